The van der Waals surface area contributed by atoms with Crippen LogP contribution in [-0.4, -0.2) is 16.8 Å². The number of unbranched alkanes of at least 4 members (excludes halogenated alkanes) is 8. The van der Waals surface area contributed by atoms with Gasteiger partial charge < -0.3 is 4.74 Å². The third-order valence-corrected chi connectivity index (χ3v) is 7.94. The molecule has 0 unspecified atom stereocenters. The quantitative estimate of drug-likeness (QED) is 0.204. The zero-order valence-electron chi connectivity index (χ0n) is 23.0. The van der Waals surface area contributed by atoms with Gasteiger partial charge in [0.05, 0.1) is 18.0 Å². The molecule has 0 aliphatic heterocycles. The number of halogens is 1. The fourth-order valence-electron chi connectivity index (χ4n) is 5.51. The van der Waals surface area contributed by atoms with Gasteiger partial charge in [-0.3, -0.25) is 0 Å². The van der Waals surface area contributed by atoms with Crippen LogP contribution < -0.4 is 4.74 Å². The Labute approximate surface area is 219 Å². The van der Waals surface area contributed by atoms with Crippen molar-refractivity contribution in [3.63, 3.8) is 0 Å². The molecule has 0 saturated heterocycles. The molecule has 0 spiro atoms. The topological polar surface area (TPSA) is 35.0 Å². The molecule has 0 amide bonds. The highest BCUT2D eigenvalue weighted by Gasteiger charge is 2.21. The molecule has 3 nitrogen and oxygen atoms in total. The van der Waals surface area contributed by atoms with Crippen LogP contribution in [0, 0.1) is 17.7 Å². The molecule has 0 N–H and O–H groups in total. The summed E-state index contributed by atoms with van der Waals surface area (Å²) in [5.41, 5.74) is 2.50. The summed E-state index contributed by atoms with van der Waals surface area (Å²) in [6.45, 7) is 5.05. The van der Waals surface area contributed by atoms with Crippen molar-refractivity contribution in [2.75, 3.05) is 6.61 Å². The number of hydrogen-bond acceptors (Lipinski definition) is 3. The lowest BCUT2D eigenvalue weighted by atomic mass is 9.78. The van der Waals surface area contributed by atoms with E-state index in [4.69, 9.17) is 4.74 Å². The predicted octanol–water partition coefficient (Wildman–Crippen LogP) is 9.73. The Bertz CT molecular complexity index is 846. The lowest BCUT2D eigenvalue weighted by Gasteiger charge is -2.28. The third kappa shape index (κ3) is 10.2. The average molecular weight is 497 g/mol. The molecule has 1 aliphatic carbocycles. The lowest BCUT2D eigenvalue weighted by molar-refractivity contribution is 0.248. The van der Waals surface area contributed by atoms with Crippen molar-refractivity contribution in [1.29, 1.82) is 0 Å². The van der Waals surface area contributed by atoms with E-state index in [0.717, 1.165) is 42.4 Å². The Morgan fingerprint density at radius 1 is 0.750 bits per heavy atom. The molecule has 1 fully saturated rings. The van der Waals surface area contributed by atoms with E-state index >= 15 is 0 Å². The summed E-state index contributed by atoms with van der Waals surface area (Å²) in [7, 11) is 0. The number of hydrogen-bond donors (Lipinski definition) is 0. The van der Waals surface area contributed by atoms with Crippen LogP contribution in [0.5, 0.6) is 5.75 Å². The number of nitrogens with zero attached hydrogens (tertiary/aromatic N) is 2. The fourth-order valence-corrected chi connectivity index (χ4v) is 5.51. The molecule has 2 aromatic rings. The van der Waals surface area contributed by atoms with E-state index in [1.807, 2.05) is 12.1 Å². The van der Waals surface area contributed by atoms with Crippen molar-refractivity contribution in [1.82, 2.24) is 10.2 Å². The SMILES string of the molecule is CCCCCCCOc1ccc(-c2ccc(CCC3CCC(CCCCCCC)CC3)nn2)cc1F. The second-order valence-electron chi connectivity index (χ2n) is 10.9. The Morgan fingerprint density at radius 3 is 2.06 bits per heavy atom. The molecule has 0 bridgehead atoms. The Kier molecular flexibility index (Phi) is 13.3. The first kappa shape index (κ1) is 28.6. The maximum absolute atomic E-state index is 14.5. The molecule has 200 valence electrons. The van der Waals surface area contributed by atoms with Crippen molar-refractivity contribution in [3.05, 3.63) is 41.8 Å². The highest BCUT2D eigenvalue weighted by Crippen LogP contribution is 2.34. The zero-order valence-corrected chi connectivity index (χ0v) is 23.0. The number of rotatable bonds is 17. The second kappa shape index (κ2) is 16.7. The smallest absolute Gasteiger partial charge is 0.165 e. The summed E-state index contributed by atoms with van der Waals surface area (Å²) in [5, 5.41) is 8.85. The van der Waals surface area contributed by atoms with Crippen molar-refractivity contribution in [2.24, 2.45) is 11.8 Å². The molecule has 3 rings (SSSR count). The third-order valence-electron chi connectivity index (χ3n) is 7.94. The lowest BCUT2D eigenvalue weighted by Crippen LogP contribution is -2.15. The minimum absolute atomic E-state index is 0.324. The molecule has 1 heterocycles. The summed E-state index contributed by atoms with van der Waals surface area (Å²) in [6, 6.07) is 9.14. The summed E-state index contributed by atoms with van der Waals surface area (Å²) < 4.78 is 20.2. The number of benzene rings is 1. The monoisotopic (exact) mass is 496 g/mol. The van der Waals surface area contributed by atoms with Crippen LogP contribution in [0.2, 0.25) is 0 Å². The first-order chi connectivity index (χ1) is 17.7. The van der Waals surface area contributed by atoms with Gasteiger partial charge in [0.15, 0.2) is 11.6 Å². The van der Waals surface area contributed by atoms with Gasteiger partial charge in [0, 0.05) is 5.56 Å². The van der Waals surface area contributed by atoms with Crippen LogP contribution in [0.3, 0.4) is 0 Å². The van der Waals surface area contributed by atoms with Gasteiger partial charge in [-0.2, -0.15) is 10.2 Å². The summed E-state index contributed by atoms with van der Waals surface area (Å²) in [5.74, 6) is 1.79. The fraction of sp³-hybridized carbons (Fsp3) is 0.688. The van der Waals surface area contributed by atoms with E-state index in [2.05, 4.69) is 30.1 Å². The van der Waals surface area contributed by atoms with Crippen LogP contribution in [0.4, 0.5) is 4.39 Å². The molecule has 36 heavy (non-hydrogen) atoms. The highest BCUT2D eigenvalue weighted by molar-refractivity contribution is 5.59. The Balaban J connectivity index is 1.36. The molecule has 1 aromatic heterocycles. The summed E-state index contributed by atoms with van der Waals surface area (Å²) >= 11 is 0. The van der Waals surface area contributed by atoms with Gasteiger partial charge in [-0.15, -0.1) is 0 Å². The van der Waals surface area contributed by atoms with Gasteiger partial charge in [0.2, 0.25) is 0 Å². The van der Waals surface area contributed by atoms with Crippen LogP contribution in [0.15, 0.2) is 30.3 Å². The van der Waals surface area contributed by atoms with E-state index in [-0.39, 0.29) is 5.82 Å². The normalized spacial score (nSPS) is 17.9. The second-order valence-corrected chi connectivity index (χ2v) is 10.9. The van der Waals surface area contributed by atoms with Gasteiger partial charge in [-0.1, -0.05) is 104 Å². The molecule has 1 aromatic carbocycles. The van der Waals surface area contributed by atoms with E-state index < -0.39 is 0 Å². The van der Waals surface area contributed by atoms with Crippen LogP contribution in [0.1, 0.15) is 122 Å². The maximum atomic E-state index is 14.5. The first-order valence-electron chi connectivity index (χ1n) is 14.9. The Hall–Kier alpha value is -1.97. The van der Waals surface area contributed by atoms with Crippen molar-refractivity contribution < 1.29 is 9.13 Å². The highest BCUT2D eigenvalue weighted by atomic mass is 19.1. The molecule has 0 radical (unpaired) electrons. The maximum Gasteiger partial charge on any atom is 0.165 e. The number of aryl methyl sites for hydroxylation is 1. The van der Waals surface area contributed by atoms with Gasteiger partial charge >= 0.3 is 0 Å². The zero-order chi connectivity index (χ0) is 25.4. The van der Waals surface area contributed by atoms with E-state index in [0.29, 0.717) is 18.1 Å². The van der Waals surface area contributed by atoms with Crippen molar-refractivity contribution in [3.8, 4) is 17.0 Å². The van der Waals surface area contributed by atoms with E-state index in [1.165, 1.54) is 96.0 Å². The van der Waals surface area contributed by atoms with Gasteiger partial charge in [0.1, 0.15) is 0 Å². The van der Waals surface area contributed by atoms with E-state index in [1.54, 1.807) is 6.07 Å². The van der Waals surface area contributed by atoms with E-state index in [9.17, 15) is 4.39 Å². The van der Waals surface area contributed by atoms with Gasteiger partial charge in [-0.25, -0.2) is 4.39 Å². The minimum atomic E-state index is -0.330. The molecule has 1 aliphatic rings. The summed E-state index contributed by atoms with van der Waals surface area (Å²) in [6.07, 6.45) is 22.0. The molecule has 4 heteroatoms. The molecule has 1 saturated carbocycles. The minimum Gasteiger partial charge on any atom is -0.491 e. The number of aromatic nitrogens is 2. The van der Waals surface area contributed by atoms with Gasteiger partial charge in [0.25, 0.3) is 0 Å². The summed E-state index contributed by atoms with van der Waals surface area (Å²) in [4.78, 5) is 0. The number of ether oxygens (including phenoxy) is 1. The van der Waals surface area contributed by atoms with Crippen LogP contribution in [-0.2, 0) is 6.42 Å². The predicted molar refractivity (Wildman–Crippen MR) is 149 cm³/mol. The molecular weight excluding hydrogens is 447 g/mol. The van der Waals surface area contributed by atoms with Crippen LogP contribution in [0.25, 0.3) is 11.3 Å². The molecule has 0 atom stereocenters. The van der Waals surface area contributed by atoms with Crippen molar-refractivity contribution >= 4 is 0 Å². The first-order valence-corrected chi connectivity index (χ1v) is 14.9. The molecular formula is C32H49FN2O. The Morgan fingerprint density at radius 2 is 1.42 bits per heavy atom. The average Bonchev–Trinajstić information content (AvgIpc) is 2.91. The van der Waals surface area contributed by atoms with Crippen molar-refractivity contribution in [2.45, 2.75) is 123 Å². The largest absolute Gasteiger partial charge is 0.491 e. The van der Waals surface area contributed by atoms with Crippen LogP contribution >= 0.6 is 0 Å². The standard InChI is InChI=1S/C32H49FN2O/c1-3-5-7-9-11-13-26-14-16-27(17-15-26)18-20-29-21-22-31(35-34-29)28-19-23-32(30(33)25-28)36-24-12-10-8-6-4-2/h19,21-23,25-27H,3-18,20,24H2,1-2H3. The van der Waals surface area contributed by atoms with Gasteiger partial charge in [-0.05, 0) is 61.4 Å².